The number of rotatable bonds is 11. The van der Waals surface area contributed by atoms with E-state index in [9.17, 15) is 21.6 Å². The van der Waals surface area contributed by atoms with Crippen LogP contribution in [0.15, 0.2) is 71.7 Å². The number of benzene rings is 1. The quantitative estimate of drug-likeness (QED) is 0.171. The zero-order valence-corrected chi connectivity index (χ0v) is 22.9. The Hall–Kier alpha value is -3.55. The molecule has 0 amide bonds. The largest absolute Gasteiger partial charge is 0.416 e. The summed E-state index contributed by atoms with van der Waals surface area (Å²) in [4.78, 5) is 14.3. The molecule has 39 heavy (non-hydrogen) atoms. The lowest BCUT2D eigenvalue weighted by molar-refractivity contribution is -0.137. The maximum absolute atomic E-state index is 12.8. The van der Waals surface area contributed by atoms with Crippen LogP contribution in [0, 0.1) is 5.92 Å². The smallest absolute Gasteiger partial charge is 0.353 e. The second kappa shape index (κ2) is 11.7. The van der Waals surface area contributed by atoms with Gasteiger partial charge in [-0.1, -0.05) is 19.1 Å². The molecule has 1 atom stereocenters. The molecule has 3 aromatic heterocycles. The number of thiazole rings is 1. The van der Waals surface area contributed by atoms with Crippen LogP contribution in [0.2, 0.25) is 0 Å². The standard InChI is InChI=1S/C26H27F3N6O2S2/c1-4-17(3)16-18(5-2)22-23(35-14-15-38-25(35)34-22)21-10-11-30-24(33-21)31-12-13-32-39(36,37)20-8-6-19(7-9-20)26(27,28)29/h4-11,14-15,17,32H,1,12-13,16H2,2-3H3,(H,30,31,33)/b18-5+. The molecular formula is C26H27F3N6O2S2. The van der Waals surface area contributed by atoms with Crippen molar-refractivity contribution >= 4 is 37.8 Å². The fourth-order valence-electron chi connectivity index (χ4n) is 3.88. The number of fused-ring (bicyclic) bond motifs is 1. The Balaban J connectivity index is 1.47. The number of allylic oxidation sites excluding steroid dienone is 3. The predicted octanol–water partition coefficient (Wildman–Crippen LogP) is 5.88. The lowest BCUT2D eigenvalue weighted by Crippen LogP contribution is -2.29. The van der Waals surface area contributed by atoms with E-state index < -0.39 is 21.8 Å². The van der Waals surface area contributed by atoms with Crippen molar-refractivity contribution in [3.8, 4) is 11.4 Å². The van der Waals surface area contributed by atoms with E-state index in [-0.39, 0.29) is 23.9 Å². The van der Waals surface area contributed by atoms with E-state index in [0.717, 1.165) is 52.6 Å². The highest BCUT2D eigenvalue weighted by Crippen LogP contribution is 2.34. The molecule has 0 fully saturated rings. The molecule has 8 nitrogen and oxygen atoms in total. The van der Waals surface area contributed by atoms with Gasteiger partial charge >= 0.3 is 6.18 Å². The number of alkyl halides is 3. The molecular weight excluding hydrogens is 549 g/mol. The maximum Gasteiger partial charge on any atom is 0.416 e. The van der Waals surface area contributed by atoms with Gasteiger partial charge in [0.05, 0.1) is 27.5 Å². The molecule has 4 rings (SSSR count). The van der Waals surface area contributed by atoms with Crippen LogP contribution >= 0.6 is 11.3 Å². The van der Waals surface area contributed by atoms with Crippen molar-refractivity contribution in [3.63, 3.8) is 0 Å². The first-order valence-corrected chi connectivity index (χ1v) is 14.4. The van der Waals surface area contributed by atoms with Gasteiger partial charge in [0.1, 0.15) is 0 Å². The molecule has 206 valence electrons. The first-order valence-electron chi connectivity index (χ1n) is 12.0. The number of hydrogen-bond donors (Lipinski definition) is 2. The summed E-state index contributed by atoms with van der Waals surface area (Å²) < 4.78 is 67.5. The Labute approximate surface area is 228 Å². The minimum Gasteiger partial charge on any atom is -0.353 e. The number of nitrogens with one attached hydrogen (secondary N) is 2. The SMILES string of the molecule is C=CC(C)C/C(=C\C)c1nc2sccn2c1-c1ccnc(NCCNS(=O)(=O)c2ccc(C(F)(F)F)cc2)n1. The molecule has 3 heterocycles. The first kappa shape index (κ1) is 28.5. The van der Waals surface area contributed by atoms with Crippen LogP contribution in [-0.4, -0.2) is 40.9 Å². The zero-order valence-electron chi connectivity index (χ0n) is 21.2. The van der Waals surface area contributed by atoms with E-state index in [2.05, 4.69) is 33.5 Å². The van der Waals surface area contributed by atoms with Gasteiger partial charge in [-0.15, -0.1) is 17.9 Å². The zero-order chi connectivity index (χ0) is 28.2. The summed E-state index contributed by atoms with van der Waals surface area (Å²) in [5, 5.41) is 4.94. The van der Waals surface area contributed by atoms with Crippen LogP contribution in [0.5, 0.6) is 0 Å². The second-order valence-electron chi connectivity index (χ2n) is 8.71. The summed E-state index contributed by atoms with van der Waals surface area (Å²) in [5.74, 6) is 0.552. The van der Waals surface area contributed by atoms with Crippen LogP contribution in [-0.2, 0) is 16.2 Å². The van der Waals surface area contributed by atoms with Gasteiger partial charge in [0.15, 0.2) is 4.96 Å². The van der Waals surface area contributed by atoms with E-state index in [1.807, 2.05) is 35.1 Å². The molecule has 0 radical (unpaired) electrons. The Morgan fingerprint density at radius 1 is 1.18 bits per heavy atom. The summed E-state index contributed by atoms with van der Waals surface area (Å²) in [6.07, 6.45) is 3.71. The third-order valence-electron chi connectivity index (χ3n) is 5.95. The van der Waals surface area contributed by atoms with E-state index in [1.165, 1.54) is 11.3 Å². The van der Waals surface area contributed by atoms with Gasteiger partial charge in [-0.25, -0.2) is 28.1 Å². The van der Waals surface area contributed by atoms with Crippen molar-refractivity contribution in [1.29, 1.82) is 0 Å². The highest BCUT2D eigenvalue weighted by atomic mass is 32.2. The van der Waals surface area contributed by atoms with E-state index in [4.69, 9.17) is 4.98 Å². The summed E-state index contributed by atoms with van der Waals surface area (Å²) in [5.41, 5.74) is 2.44. The Morgan fingerprint density at radius 2 is 1.92 bits per heavy atom. The van der Waals surface area contributed by atoms with Gasteiger partial charge in [0, 0.05) is 30.9 Å². The molecule has 0 aliphatic carbocycles. The normalized spacial score (nSPS) is 13.5. The van der Waals surface area contributed by atoms with Crippen LogP contribution in [0.4, 0.5) is 19.1 Å². The highest BCUT2D eigenvalue weighted by Gasteiger charge is 2.30. The van der Waals surface area contributed by atoms with Gasteiger partial charge in [-0.2, -0.15) is 13.2 Å². The second-order valence-corrected chi connectivity index (χ2v) is 11.3. The summed E-state index contributed by atoms with van der Waals surface area (Å²) >= 11 is 1.52. The topological polar surface area (TPSA) is 101 Å². The Kier molecular flexibility index (Phi) is 8.52. The fourth-order valence-corrected chi connectivity index (χ4v) is 5.62. The molecule has 0 saturated carbocycles. The van der Waals surface area contributed by atoms with Gasteiger partial charge in [0.25, 0.3) is 0 Å². The number of sulfonamides is 1. The van der Waals surface area contributed by atoms with Crippen LogP contribution in [0.3, 0.4) is 0 Å². The van der Waals surface area contributed by atoms with Gasteiger partial charge in [0.2, 0.25) is 16.0 Å². The maximum atomic E-state index is 12.8. The molecule has 0 bridgehead atoms. The first-order chi connectivity index (χ1) is 18.5. The van der Waals surface area contributed by atoms with Crippen LogP contribution in [0.1, 0.15) is 31.5 Å². The van der Waals surface area contributed by atoms with Crippen molar-refractivity contribution in [2.75, 3.05) is 18.4 Å². The van der Waals surface area contributed by atoms with Crippen LogP contribution < -0.4 is 10.0 Å². The number of aromatic nitrogens is 4. The molecule has 4 aromatic rings. The van der Waals surface area contributed by atoms with Crippen molar-refractivity contribution in [2.24, 2.45) is 5.92 Å². The minimum absolute atomic E-state index is 0.0359. The summed E-state index contributed by atoms with van der Waals surface area (Å²) in [7, 11) is -3.99. The lowest BCUT2D eigenvalue weighted by atomic mass is 9.97. The summed E-state index contributed by atoms with van der Waals surface area (Å²) in [6, 6.07) is 5.10. The van der Waals surface area contributed by atoms with Crippen molar-refractivity contribution < 1.29 is 21.6 Å². The van der Waals surface area contributed by atoms with E-state index >= 15 is 0 Å². The fraction of sp³-hybridized carbons (Fsp3) is 0.269. The summed E-state index contributed by atoms with van der Waals surface area (Å²) in [6.45, 7) is 8.06. The van der Waals surface area contributed by atoms with Gasteiger partial charge < -0.3 is 5.32 Å². The lowest BCUT2D eigenvalue weighted by Gasteiger charge is -2.12. The molecule has 0 aliphatic heterocycles. The molecule has 1 unspecified atom stereocenters. The van der Waals surface area contributed by atoms with Crippen molar-refractivity contribution in [1.82, 2.24) is 24.1 Å². The Morgan fingerprint density at radius 3 is 2.59 bits per heavy atom. The number of halogens is 3. The third-order valence-corrected chi connectivity index (χ3v) is 8.18. The molecule has 0 saturated heterocycles. The number of nitrogens with zero attached hydrogens (tertiary/aromatic N) is 4. The number of hydrogen-bond acceptors (Lipinski definition) is 7. The monoisotopic (exact) mass is 576 g/mol. The molecule has 13 heteroatoms. The van der Waals surface area contributed by atoms with Crippen molar-refractivity contribution in [2.45, 2.75) is 31.3 Å². The van der Waals surface area contributed by atoms with E-state index in [1.54, 1.807) is 12.3 Å². The van der Waals surface area contributed by atoms with Gasteiger partial charge in [-0.05, 0) is 55.2 Å². The van der Waals surface area contributed by atoms with Crippen molar-refractivity contribution in [3.05, 3.63) is 78.1 Å². The Bertz CT molecular complexity index is 1590. The van der Waals surface area contributed by atoms with E-state index in [0.29, 0.717) is 11.6 Å². The molecule has 2 N–H and O–H groups in total. The number of imidazole rings is 1. The average Bonchev–Trinajstić information content (AvgIpc) is 3.51. The molecule has 0 aliphatic rings. The predicted molar refractivity (Wildman–Crippen MR) is 147 cm³/mol. The number of anilines is 1. The molecule has 0 spiro atoms. The highest BCUT2D eigenvalue weighted by molar-refractivity contribution is 7.89. The minimum atomic E-state index is -4.54. The molecule has 1 aromatic carbocycles. The average molecular weight is 577 g/mol. The van der Waals surface area contributed by atoms with Crippen LogP contribution in [0.25, 0.3) is 21.9 Å². The van der Waals surface area contributed by atoms with Gasteiger partial charge in [-0.3, -0.25) is 4.40 Å². The third kappa shape index (κ3) is 6.54.